The number of hydrogen-bond acceptors (Lipinski definition) is 5. The molecule has 0 aliphatic heterocycles. The second-order valence-electron chi connectivity index (χ2n) is 6.79. The van der Waals surface area contributed by atoms with Gasteiger partial charge in [0.05, 0.1) is 6.61 Å². The fourth-order valence-electron chi connectivity index (χ4n) is 3.39. The van der Waals surface area contributed by atoms with Crippen LogP contribution in [-0.4, -0.2) is 34.3 Å². The molecule has 2 aromatic heterocycles. The van der Waals surface area contributed by atoms with Gasteiger partial charge in [0.1, 0.15) is 6.04 Å². The zero-order chi connectivity index (χ0) is 19.7. The van der Waals surface area contributed by atoms with Crippen LogP contribution in [0.3, 0.4) is 0 Å². The van der Waals surface area contributed by atoms with Gasteiger partial charge in [-0.1, -0.05) is 23.4 Å². The smallest absolute Gasteiger partial charge is 0.251 e. The molecule has 144 valence electrons. The van der Waals surface area contributed by atoms with Crippen LogP contribution in [0.4, 0.5) is 0 Å². The van der Waals surface area contributed by atoms with Gasteiger partial charge in [-0.25, -0.2) is 0 Å². The van der Waals surface area contributed by atoms with Gasteiger partial charge >= 0.3 is 0 Å². The molecule has 0 saturated carbocycles. The highest BCUT2D eigenvalue weighted by atomic mass is 16.5. The first-order valence-corrected chi connectivity index (χ1v) is 9.18. The van der Waals surface area contributed by atoms with Gasteiger partial charge in [-0.05, 0) is 31.2 Å². The van der Waals surface area contributed by atoms with Crippen molar-refractivity contribution in [2.75, 3.05) is 13.7 Å². The van der Waals surface area contributed by atoms with E-state index in [4.69, 9.17) is 9.26 Å². The molecule has 0 bridgehead atoms. The molecule has 0 aliphatic rings. The van der Waals surface area contributed by atoms with Gasteiger partial charge in [-0.3, -0.25) is 4.79 Å². The van der Waals surface area contributed by atoms with Crippen LogP contribution in [-0.2, 0) is 18.2 Å². The van der Waals surface area contributed by atoms with E-state index in [0.717, 1.165) is 21.8 Å². The first-order valence-electron chi connectivity index (χ1n) is 9.18. The van der Waals surface area contributed by atoms with Gasteiger partial charge < -0.3 is 19.1 Å². The van der Waals surface area contributed by atoms with Gasteiger partial charge in [-0.2, -0.15) is 4.98 Å². The summed E-state index contributed by atoms with van der Waals surface area (Å²) in [6.45, 7) is 2.34. The van der Waals surface area contributed by atoms with Gasteiger partial charge in [0.25, 0.3) is 5.91 Å². The third-order valence-corrected chi connectivity index (χ3v) is 4.91. The molecular weight excluding hydrogens is 356 g/mol. The average Bonchev–Trinajstić information content (AvgIpc) is 3.30. The highest BCUT2D eigenvalue weighted by Crippen LogP contribution is 2.28. The standard InChI is InChI=1S/C21H22N4O3/c1-13(21-23-19(24-28-21)10-11-27-3)22-20(26)14-8-9-18-16(12-14)15-6-4-5-7-17(15)25(18)2/h4-9,12-13H,10-11H2,1-3H3,(H,22,26)/t13-/m0/s1. The van der Waals surface area contributed by atoms with E-state index in [0.29, 0.717) is 30.3 Å². The molecule has 0 aliphatic carbocycles. The number of fused-ring (bicyclic) bond motifs is 3. The Hall–Kier alpha value is -3.19. The molecule has 2 heterocycles. The van der Waals surface area contributed by atoms with Crippen LogP contribution < -0.4 is 5.32 Å². The molecule has 1 amide bonds. The first kappa shape index (κ1) is 18.2. The minimum Gasteiger partial charge on any atom is -0.384 e. The Kier molecular flexibility index (Phi) is 4.83. The number of nitrogens with one attached hydrogen (secondary N) is 1. The molecule has 0 saturated heterocycles. The fourth-order valence-corrected chi connectivity index (χ4v) is 3.39. The van der Waals surface area contributed by atoms with E-state index in [2.05, 4.69) is 32.2 Å². The largest absolute Gasteiger partial charge is 0.384 e. The topological polar surface area (TPSA) is 82.2 Å². The van der Waals surface area contributed by atoms with Crippen LogP contribution in [0.2, 0.25) is 0 Å². The number of aryl methyl sites for hydroxylation is 1. The fraction of sp³-hybridized carbons (Fsp3) is 0.286. The molecule has 0 unspecified atom stereocenters. The number of ether oxygens (including phenoxy) is 1. The van der Waals surface area contributed by atoms with Crippen LogP contribution in [0.15, 0.2) is 47.0 Å². The summed E-state index contributed by atoms with van der Waals surface area (Å²) in [5.74, 6) is 0.764. The zero-order valence-electron chi connectivity index (χ0n) is 16.1. The Labute approximate surface area is 162 Å². The monoisotopic (exact) mass is 378 g/mol. The Bertz CT molecular complexity index is 1150. The Balaban J connectivity index is 1.57. The maximum Gasteiger partial charge on any atom is 0.251 e. The third kappa shape index (κ3) is 3.25. The summed E-state index contributed by atoms with van der Waals surface area (Å²) in [5, 5.41) is 9.02. The number of nitrogens with zero attached hydrogens (tertiary/aromatic N) is 3. The van der Waals surface area contributed by atoms with E-state index in [1.807, 2.05) is 44.3 Å². The average molecular weight is 378 g/mol. The number of methoxy groups -OCH3 is 1. The Morgan fingerprint density at radius 3 is 2.82 bits per heavy atom. The van der Waals surface area contributed by atoms with E-state index in [-0.39, 0.29) is 11.9 Å². The van der Waals surface area contributed by atoms with Crippen LogP contribution in [0.1, 0.15) is 35.0 Å². The molecule has 28 heavy (non-hydrogen) atoms. The SMILES string of the molecule is COCCc1noc([C@H](C)NC(=O)c2ccc3c(c2)c2ccccc2n3C)n1. The van der Waals surface area contributed by atoms with Crippen molar-refractivity contribution in [2.45, 2.75) is 19.4 Å². The molecule has 7 nitrogen and oxygen atoms in total. The van der Waals surface area contributed by atoms with Gasteiger partial charge in [-0.15, -0.1) is 0 Å². The van der Waals surface area contributed by atoms with Crippen molar-refractivity contribution < 1.29 is 14.1 Å². The molecule has 1 atom stereocenters. The summed E-state index contributed by atoms with van der Waals surface area (Å²) in [6, 6.07) is 13.5. The molecule has 0 fully saturated rings. The second kappa shape index (κ2) is 7.44. The number of benzene rings is 2. The second-order valence-corrected chi connectivity index (χ2v) is 6.79. The van der Waals surface area contributed by atoms with E-state index in [1.165, 1.54) is 0 Å². The van der Waals surface area contributed by atoms with E-state index in [9.17, 15) is 4.79 Å². The van der Waals surface area contributed by atoms with Crippen molar-refractivity contribution in [1.29, 1.82) is 0 Å². The van der Waals surface area contributed by atoms with E-state index >= 15 is 0 Å². The molecule has 4 aromatic rings. The number of para-hydroxylation sites is 1. The zero-order valence-corrected chi connectivity index (χ0v) is 16.1. The predicted octanol–water partition coefficient (Wildman–Crippen LogP) is 3.39. The Morgan fingerprint density at radius 1 is 1.21 bits per heavy atom. The van der Waals surface area contributed by atoms with Crippen molar-refractivity contribution in [1.82, 2.24) is 20.0 Å². The molecule has 2 aromatic carbocycles. The van der Waals surface area contributed by atoms with Crippen molar-refractivity contribution in [2.24, 2.45) is 7.05 Å². The summed E-state index contributed by atoms with van der Waals surface area (Å²) in [5.41, 5.74) is 2.82. The lowest BCUT2D eigenvalue weighted by atomic mass is 10.1. The highest BCUT2D eigenvalue weighted by Gasteiger charge is 2.18. The van der Waals surface area contributed by atoms with Crippen LogP contribution in [0, 0.1) is 0 Å². The Morgan fingerprint density at radius 2 is 2.00 bits per heavy atom. The number of amides is 1. The minimum absolute atomic E-state index is 0.182. The number of rotatable bonds is 6. The summed E-state index contributed by atoms with van der Waals surface area (Å²) >= 11 is 0. The quantitative estimate of drug-likeness (QED) is 0.556. The number of hydrogen-bond donors (Lipinski definition) is 1. The van der Waals surface area contributed by atoms with Crippen molar-refractivity contribution in [3.05, 3.63) is 59.7 Å². The summed E-state index contributed by atoms with van der Waals surface area (Å²) in [6.07, 6.45) is 0.568. The third-order valence-electron chi connectivity index (χ3n) is 4.91. The summed E-state index contributed by atoms with van der Waals surface area (Å²) < 4.78 is 12.4. The molecule has 1 N–H and O–H groups in total. The minimum atomic E-state index is -0.389. The lowest BCUT2D eigenvalue weighted by Crippen LogP contribution is -2.26. The maximum atomic E-state index is 12.8. The van der Waals surface area contributed by atoms with Crippen LogP contribution >= 0.6 is 0 Å². The summed E-state index contributed by atoms with van der Waals surface area (Å²) in [7, 11) is 3.65. The van der Waals surface area contributed by atoms with Crippen molar-refractivity contribution in [3.63, 3.8) is 0 Å². The van der Waals surface area contributed by atoms with Crippen molar-refractivity contribution in [3.8, 4) is 0 Å². The summed E-state index contributed by atoms with van der Waals surface area (Å²) in [4.78, 5) is 17.1. The lowest BCUT2D eigenvalue weighted by Gasteiger charge is -2.10. The highest BCUT2D eigenvalue weighted by molar-refractivity contribution is 6.10. The molecular formula is C21H22N4O3. The maximum absolute atomic E-state index is 12.8. The normalized spacial score (nSPS) is 12.5. The lowest BCUT2D eigenvalue weighted by molar-refractivity contribution is 0.0932. The van der Waals surface area contributed by atoms with Crippen LogP contribution in [0.25, 0.3) is 21.8 Å². The van der Waals surface area contributed by atoms with Crippen molar-refractivity contribution >= 4 is 27.7 Å². The number of carbonyl (C=O) groups is 1. The molecule has 0 radical (unpaired) electrons. The predicted molar refractivity (Wildman–Crippen MR) is 106 cm³/mol. The van der Waals surface area contributed by atoms with Gasteiger partial charge in [0.2, 0.25) is 5.89 Å². The van der Waals surface area contributed by atoms with Gasteiger partial charge in [0, 0.05) is 47.9 Å². The van der Waals surface area contributed by atoms with E-state index < -0.39 is 0 Å². The van der Waals surface area contributed by atoms with Gasteiger partial charge in [0.15, 0.2) is 5.82 Å². The number of carbonyl (C=O) groups excluding carboxylic acids is 1. The van der Waals surface area contributed by atoms with Crippen LogP contribution in [0.5, 0.6) is 0 Å². The molecule has 7 heteroatoms. The number of aromatic nitrogens is 3. The van der Waals surface area contributed by atoms with E-state index in [1.54, 1.807) is 7.11 Å². The first-order chi connectivity index (χ1) is 13.6. The molecule has 4 rings (SSSR count). The molecule has 0 spiro atoms.